The fourth-order valence-electron chi connectivity index (χ4n) is 3.06. The molecule has 2 nitrogen and oxygen atoms in total. The first-order valence-electron chi connectivity index (χ1n) is 7.50. The Labute approximate surface area is 143 Å². The number of alkyl halides is 3. The first-order chi connectivity index (χ1) is 11.4. The van der Waals surface area contributed by atoms with Crippen LogP contribution in [-0.2, 0) is 6.18 Å². The van der Waals surface area contributed by atoms with Crippen LogP contribution in [0.5, 0.6) is 0 Å². The van der Waals surface area contributed by atoms with Crippen LogP contribution < -0.4 is 4.90 Å². The average molecular weight is 351 g/mol. The highest BCUT2D eigenvalue weighted by molar-refractivity contribution is 6.30. The Kier molecular flexibility index (Phi) is 4.42. The molecule has 0 bridgehead atoms. The van der Waals surface area contributed by atoms with Gasteiger partial charge in [0, 0.05) is 29.7 Å². The van der Waals surface area contributed by atoms with Gasteiger partial charge in [-0.15, -0.1) is 0 Å². The smallest absolute Gasteiger partial charge is 0.371 e. The second kappa shape index (κ2) is 6.37. The Morgan fingerprint density at radius 2 is 1.83 bits per heavy atom. The third-order valence-electron chi connectivity index (χ3n) is 4.32. The van der Waals surface area contributed by atoms with E-state index in [1.54, 1.807) is 12.1 Å². The minimum atomic E-state index is -4.53. The summed E-state index contributed by atoms with van der Waals surface area (Å²) in [4.78, 5) is 1.93. The van der Waals surface area contributed by atoms with Crippen LogP contribution in [0.3, 0.4) is 0 Å². The predicted molar refractivity (Wildman–Crippen MR) is 87.2 cm³/mol. The molecule has 2 aromatic rings. The minimum absolute atomic E-state index is 0.257. The summed E-state index contributed by atoms with van der Waals surface area (Å²) in [5.41, 5.74) is 0.404. The molecular weight excluding hydrogens is 337 g/mol. The maximum Gasteiger partial charge on any atom is 0.417 e. The van der Waals surface area contributed by atoms with Gasteiger partial charge in [0.05, 0.1) is 17.2 Å². The first kappa shape index (κ1) is 16.7. The lowest BCUT2D eigenvalue weighted by molar-refractivity contribution is -0.137. The number of nitrogens with zero attached hydrogens (tertiary/aromatic N) is 2. The monoisotopic (exact) mass is 350 g/mol. The number of nitriles is 1. The molecule has 3 rings (SSSR count). The van der Waals surface area contributed by atoms with Gasteiger partial charge in [-0.25, -0.2) is 0 Å². The van der Waals surface area contributed by atoms with Crippen LogP contribution in [0, 0.1) is 11.3 Å². The molecule has 0 aliphatic carbocycles. The molecule has 1 saturated heterocycles. The van der Waals surface area contributed by atoms with E-state index in [0.717, 1.165) is 18.1 Å². The number of rotatable bonds is 2. The average Bonchev–Trinajstić information content (AvgIpc) is 3.04. The van der Waals surface area contributed by atoms with E-state index >= 15 is 0 Å². The van der Waals surface area contributed by atoms with Crippen LogP contribution in [0.2, 0.25) is 5.02 Å². The van der Waals surface area contributed by atoms with Crippen LogP contribution in [0.25, 0.3) is 0 Å². The summed E-state index contributed by atoms with van der Waals surface area (Å²) in [6.45, 7) is 1.32. The minimum Gasteiger partial charge on any atom is -0.371 e. The number of hydrogen-bond acceptors (Lipinski definition) is 2. The van der Waals surface area contributed by atoms with Crippen LogP contribution >= 0.6 is 11.6 Å². The summed E-state index contributed by atoms with van der Waals surface area (Å²) >= 11 is 5.89. The first-order valence-corrected chi connectivity index (χ1v) is 7.88. The van der Waals surface area contributed by atoms with E-state index in [9.17, 15) is 13.2 Å². The van der Waals surface area contributed by atoms with Gasteiger partial charge in [0.25, 0.3) is 0 Å². The van der Waals surface area contributed by atoms with E-state index in [4.69, 9.17) is 16.9 Å². The zero-order valence-electron chi connectivity index (χ0n) is 12.6. The van der Waals surface area contributed by atoms with E-state index < -0.39 is 11.7 Å². The lowest BCUT2D eigenvalue weighted by Gasteiger charge is -2.21. The number of hydrogen-bond donors (Lipinski definition) is 0. The van der Waals surface area contributed by atoms with Crippen molar-refractivity contribution in [2.24, 2.45) is 0 Å². The number of anilines is 1. The normalized spacial score (nSPS) is 17.8. The van der Waals surface area contributed by atoms with Crippen LogP contribution in [0.4, 0.5) is 18.9 Å². The molecule has 1 fully saturated rings. The van der Waals surface area contributed by atoms with Crippen LogP contribution in [0.1, 0.15) is 29.0 Å². The van der Waals surface area contributed by atoms with Gasteiger partial charge in [-0.05, 0) is 42.3 Å². The maximum atomic E-state index is 13.1. The highest BCUT2D eigenvalue weighted by Gasteiger charge is 2.35. The Morgan fingerprint density at radius 1 is 1.12 bits per heavy atom. The lowest BCUT2D eigenvalue weighted by Crippen LogP contribution is -2.20. The molecule has 0 saturated carbocycles. The summed E-state index contributed by atoms with van der Waals surface area (Å²) in [6, 6.07) is 13.1. The SMILES string of the molecule is N#Cc1ccc(N2CCC(c3ccc(Cl)cc3)C2)cc1C(F)(F)F. The van der Waals surface area contributed by atoms with E-state index in [0.29, 0.717) is 23.8 Å². The van der Waals surface area contributed by atoms with Gasteiger partial charge in [0.1, 0.15) is 0 Å². The molecule has 0 N–H and O–H groups in total. The molecule has 1 aliphatic heterocycles. The predicted octanol–water partition coefficient (Wildman–Crippen LogP) is 5.22. The van der Waals surface area contributed by atoms with Crippen LogP contribution in [-0.4, -0.2) is 13.1 Å². The second-order valence-electron chi connectivity index (χ2n) is 5.82. The van der Waals surface area contributed by atoms with Crippen molar-refractivity contribution in [1.29, 1.82) is 5.26 Å². The van der Waals surface area contributed by atoms with Crippen molar-refractivity contribution in [2.75, 3.05) is 18.0 Å². The fourth-order valence-corrected chi connectivity index (χ4v) is 3.19. The third kappa shape index (κ3) is 3.34. The molecule has 1 unspecified atom stereocenters. The molecule has 24 heavy (non-hydrogen) atoms. The zero-order valence-corrected chi connectivity index (χ0v) is 13.4. The van der Waals surface area contributed by atoms with Crippen molar-refractivity contribution in [3.8, 4) is 6.07 Å². The third-order valence-corrected chi connectivity index (χ3v) is 4.58. The summed E-state index contributed by atoms with van der Waals surface area (Å²) in [5.74, 6) is 0.257. The quantitative estimate of drug-likeness (QED) is 0.742. The van der Waals surface area contributed by atoms with E-state index in [1.165, 1.54) is 6.07 Å². The lowest BCUT2D eigenvalue weighted by atomic mass is 9.99. The fraction of sp³-hybridized carbons (Fsp3) is 0.278. The summed E-state index contributed by atoms with van der Waals surface area (Å²) in [5, 5.41) is 9.54. The van der Waals surface area contributed by atoms with Gasteiger partial charge in [0.2, 0.25) is 0 Å². The van der Waals surface area contributed by atoms with Gasteiger partial charge >= 0.3 is 6.18 Å². The van der Waals surface area contributed by atoms with Crippen LogP contribution in [0.15, 0.2) is 42.5 Å². The van der Waals surface area contributed by atoms with Gasteiger partial charge in [-0.1, -0.05) is 23.7 Å². The van der Waals surface area contributed by atoms with Crippen molar-refractivity contribution in [2.45, 2.75) is 18.5 Å². The van der Waals surface area contributed by atoms with Gasteiger partial charge in [0.15, 0.2) is 0 Å². The molecule has 0 aromatic heterocycles. The Balaban J connectivity index is 1.83. The molecule has 1 heterocycles. The van der Waals surface area contributed by atoms with Crippen molar-refractivity contribution < 1.29 is 13.2 Å². The second-order valence-corrected chi connectivity index (χ2v) is 6.26. The molecule has 124 valence electrons. The summed E-state index contributed by atoms with van der Waals surface area (Å²) < 4.78 is 39.3. The van der Waals surface area contributed by atoms with Gasteiger partial charge < -0.3 is 4.90 Å². The highest BCUT2D eigenvalue weighted by atomic mass is 35.5. The summed E-state index contributed by atoms with van der Waals surface area (Å²) in [6.07, 6.45) is -3.67. The van der Waals surface area contributed by atoms with Crippen molar-refractivity contribution in [3.05, 3.63) is 64.2 Å². The van der Waals surface area contributed by atoms with E-state index in [-0.39, 0.29) is 11.5 Å². The van der Waals surface area contributed by atoms with E-state index in [1.807, 2.05) is 29.2 Å². The van der Waals surface area contributed by atoms with Crippen molar-refractivity contribution in [1.82, 2.24) is 0 Å². The molecule has 1 aliphatic rings. The molecular formula is C18H14ClF3N2. The van der Waals surface area contributed by atoms with Crippen molar-refractivity contribution in [3.63, 3.8) is 0 Å². The molecule has 0 amide bonds. The van der Waals surface area contributed by atoms with Gasteiger partial charge in [-0.3, -0.25) is 0 Å². The Bertz CT molecular complexity index is 778. The topological polar surface area (TPSA) is 27.0 Å². The van der Waals surface area contributed by atoms with Crippen molar-refractivity contribution >= 4 is 17.3 Å². The Hall–Kier alpha value is -2.19. The largest absolute Gasteiger partial charge is 0.417 e. The molecule has 0 spiro atoms. The van der Waals surface area contributed by atoms with Gasteiger partial charge in [-0.2, -0.15) is 18.4 Å². The highest BCUT2D eigenvalue weighted by Crippen LogP contribution is 2.37. The van der Waals surface area contributed by atoms with E-state index in [2.05, 4.69) is 0 Å². The molecule has 1 atom stereocenters. The molecule has 0 radical (unpaired) electrons. The number of halogens is 4. The summed E-state index contributed by atoms with van der Waals surface area (Å²) in [7, 11) is 0. The maximum absolute atomic E-state index is 13.1. The standard InChI is InChI=1S/C18H14ClF3N2/c19-15-4-1-12(2-5-15)14-7-8-24(11-14)16-6-3-13(10-23)17(9-16)18(20,21)22/h1-6,9,14H,7-8,11H2. The molecule has 6 heteroatoms. The number of benzene rings is 2. The molecule has 2 aromatic carbocycles. The Morgan fingerprint density at radius 3 is 2.46 bits per heavy atom. The zero-order chi connectivity index (χ0) is 17.3.